The molecule has 0 bridgehead atoms. The van der Waals surface area contributed by atoms with Crippen molar-refractivity contribution in [3.05, 3.63) is 59.0 Å². The van der Waals surface area contributed by atoms with Gasteiger partial charge in [-0.15, -0.1) is 0 Å². The van der Waals surface area contributed by atoms with Crippen LogP contribution in [-0.2, 0) is 15.4 Å². The smallest absolute Gasteiger partial charge is 0.175 e. The van der Waals surface area contributed by atoms with Crippen LogP contribution in [0, 0.1) is 18.3 Å². The molecular weight excluding hydrogens is 376 g/mol. The topological polar surface area (TPSA) is 123 Å². The van der Waals surface area contributed by atoms with Gasteiger partial charge in [0, 0.05) is 28.9 Å². The minimum atomic E-state index is -3.62. The third-order valence-electron chi connectivity index (χ3n) is 4.96. The molecule has 0 saturated carbocycles. The summed E-state index contributed by atoms with van der Waals surface area (Å²) in [5.41, 5.74) is 1.70. The SMILES string of the molecule is Cc1cc(S(C)(=O)=O)c(C(C)(O)c2nc3ccc(C#N)cc3[nH]2)c2cc[nH]c12. The molecule has 0 radical (unpaired) electrons. The molecule has 7 nitrogen and oxygen atoms in total. The predicted octanol–water partition coefficient (Wildman–Crippen LogP) is 2.88. The minimum absolute atomic E-state index is 0.0558. The zero-order chi connectivity index (χ0) is 20.3. The van der Waals surface area contributed by atoms with Crippen molar-refractivity contribution in [1.82, 2.24) is 15.0 Å². The Kier molecular flexibility index (Phi) is 3.86. The number of nitrogens with one attached hydrogen (secondary N) is 2. The van der Waals surface area contributed by atoms with Crippen LogP contribution in [0.15, 0.2) is 41.4 Å². The van der Waals surface area contributed by atoms with Crippen molar-refractivity contribution in [2.75, 3.05) is 6.26 Å². The number of nitriles is 1. The van der Waals surface area contributed by atoms with Crippen molar-refractivity contribution in [2.45, 2.75) is 24.3 Å². The minimum Gasteiger partial charge on any atom is -0.377 e. The first kappa shape index (κ1) is 18.2. The Hall–Kier alpha value is -3.15. The van der Waals surface area contributed by atoms with E-state index in [0.29, 0.717) is 22.0 Å². The van der Waals surface area contributed by atoms with E-state index >= 15 is 0 Å². The highest BCUT2D eigenvalue weighted by Gasteiger charge is 2.36. The van der Waals surface area contributed by atoms with E-state index in [1.54, 1.807) is 36.5 Å². The summed E-state index contributed by atoms with van der Waals surface area (Å²) >= 11 is 0. The van der Waals surface area contributed by atoms with E-state index in [9.17, 15) is 13.5 Å². The van der Waals surface area contributed by atoms with Crippen molar-refractivity contribution < 1.29 is 13.5 Å². The van der Waals surface area contributed by atoms with E-state index in [-0.39, 0.29) is 16.3 Å². The lowest BCUT2D eigenvalue weighted by atomic mass is 9.91. The first-order valence-corrected chi connectivity index (χ1v) is 10.5. The van der Waals surface area contributed by atoms with Crippen LogP contribution in [0.5, 0.6) is 0 Å². The van der Waals surface area contributed by atoms with Gasteiger partial charge in [0.25, 0.3) is 0 Å². The Bertz CT molecular complexity index is 1390. The summed E-state index contributed by atoms with van der Waals surface area (Å²) in [6.45, 7) is 3.33. The zero-order valence-electron chi connectivity index (χ0n) is 15.5. The molecule has 2 heterocycles. The highest BCUT2D eigenvalue weighted by molar-refractivity contribution is 7.90. The molecule has 4 aromatic rings. The second kappa shape index (κ2) is 5.92. The number of rotatable bonds is 3. The number of sulfone groups is 1. The number of aromatic amines is 2. The van der Waals surface area contributed by atoms with Crippen LogP contribution in [0.1, 0.15) is 29.4 Å². The van der Waals surface area contributed by atoms with E-state index in [1.165, 1.54) is 6.92 Å². The van der Waals surface area contributed by atoms with E-state index in [2.05, 4.69) is 21.0 Å². The molecule has 4 rings (SSSR count). The van der Waals surface area contributed by atoms with Crippen molar-refractivity contribution in [3.63, 3.8) is 0 Å². The number of benzene rings is 2. The third-order valence-corrected chi connectivity index (χ3v) is 6.08. The van der Waals surface area contributed by atoms with E-state index in [1.807, 2.05) is 6.92 Å². The van der Waals surface area contributed by atoms with Gasteiger partial charge in [0.1, 0.15) is 11.4 Å². The van der Waals surface area contributed by atoms with Crippen LogP contribution >= 0.6 is 0 Å². The largest absolute Gasteiger partial charge is 0.377 e. The fraction of sp³-hybridized carbons (Fsp3) is 0.200. The number of hydrogen-bond acceptors (Lipinski definition) is 5. The standard InChI is InChI=1S/C20H18N4O3S/c1-11-8-16(28(3,26)27)17(13-6-7-22-18(11)13)20(2,25)19-23-14-5-4-12(10-21)9-15(14)24-19/h4-9,22,25H,1-3H3,(H,23,24). The monoisotopic (exact) mass is 394 g/mol. The first-order valence-electron chi connectivity index (χ1n) is 8.57. The first-order chi connectivity index (χ1) is 13.1. The molecule has 1 unspecified atom stereocenters. The molecular formula is C20H18N4O3S. The van der Waals surface area contributed by atoms with Crippen LogP contribution < -0.4 is 0 Å². The van der Waals surface area contributed by atoms with E-state index < -0.39 is 15.4 Å². The molecule has 0 fully saturated rings. The fourth-order valence-corrected chi connectivity index (χ4v) is 4.67. The summed E-state index contributed by atoms with van der Waals surface area (Å²) in [6, 6.07) is 10.3. The van der Waals surface area contributed by atoms with Gasteiger partial charge in [0.05, 0.1) is 27.6 Å². The number of nitrogens with zero attached hydrogens (tertiary/aromatic N) is 2. The summed E-state index contributed by atoms with van der Waals surface area (Å²) in [4.78, 5) is 10.7. The second-order valence-corrected chi connectivity index (χ2v) is 9.09. The van der Waals surface area contributed by atoms with Crippen LogP contribution in [0.25, 0.3) is 21.9 Å². The molecule has 0 aliphatic carbocycles. The van der Waals surface area contributed by atoms with Gasteiger partial charge in [-0.05, 0) is 49.7 Å². The molecule has 0 amide bonds. The number of aliphatic hydroxyl groups is 1. The Morgan fingerprint density at radius 2 is 2.00 bits per heavy atom. The summed E-state index contributed by atoms with van der Waals surface area (Å²) in [7, 11) is -3.62. The van der Waals surface area contributed by atoms with Crippen molar-refractivity contribution >= 4 is 31.8 Å². The van der Waals surface area contributed by atoms with Crippen molar-refractivity contribution in [2.24, 2.45) is 0 Å². The number of aromatic nitrogens is 3. The van der Waals surface area contributed by atoms with Crippen LogP contribution in [0.4, 0.5) is 0 Å². The molecule has 0 aliphatic heterocycles. The van der Waals surface area contributed by atoms with Gasteiger partial charge in [-0.1, -0.05) is 0 Å². The van der Waals surface area contributed by atoms with Gasteiger partial charge in [0.15, 0.2) is 9.84 Å². The molecule has 1 atom stereocenters. The summed E-state index contributed by atoms with van der Waals surface area (Å²) < 4.78 is 25.0. The molecule has 2 aromatic carbocycles. The Morgan fingerprint density at radius 3 is 2.68 bits per heavy atom. The molecule has 8 heteroatoms. The molecule has 28 heavy (non-hydrogen) atoms. The lowest BCUT2D eigenvalue weighted by molar-refractivity contribution is 0.0921. The molecule has 0 spiro atoms. The average Bonchev–Trinajstić information content (AvgIpc) is 3.27. The molecule has 3 N–H and O–H groups in total. The lowest BCUT2D eigenvalue weighted by Gasteiger charge is -2.25. The summed E-state index contributed by atoms with van der Waals surface area (Å²) in [6.07, 6.45) is 2.83. The molecule has 142 valence electrons. The van der Waals surface area contributed by atoms with Gasteiger partial charge in [-0.25, -0.2) is 13.4 Å². The van der Waals surface area contributed by atoms with Gasteiger partial charge >= 0.3 is 0 Å². The quantitative estimate of drug-likeness (QED) is 0.493. The Labute approximate surface area is 161 Å². The summed E-state index contributed by atoms with van der Waals surface area (Å²) in [5.74, 6) is 0.203. The Morgan fingerprint density at radius 1 is 1.25 bits per heavy atom. The second-order valence-electron chi connectivity index (χ2n) is 7.11. The van der Waals surface area contributed by atoms with Crippen LogP contribution in [0.3, 0.4) is 0 Å². The Balaban J connectivity index is 2.05. The van der Waals surface area contributed by atoms with E-state index in [0.717, 1.165) is 17.3 Å². The predicted molar refractivity (Wildman–Crippen MR) is 106 cm³/mol. The maximum atomic E-state index is 12.5. The van der Waals surface area contributed by atoms with Gasteiger partial charge in [-0.2, -0.15) is 5.26 Å². The van der Waals surface area contributed by atoms with E-state index in [4.69, 9.17) is 5.26 Å². The number of fused-ring (bicyclic) bond motifs is 2. The number of H-pyrrole nitrogens is 2. The van der Waals surface area contributed by atoms with Gasteiger partial charge < -0.3 is 15.1 Å². The third kappa shape index (κ3) is 2.68. The van der Waals surface area contributed by atoms with Crippen molar-refractivity contribution in [1.29, 1.82) is 5.26 Å². The number of aryl methyl sites for hydroxylation is 1. The lowest BCUT2D eigenvalue weighted by Crippen LogP contribution is -2.27. The van der Waals surface area contributed by atoms with Crippen LogP contribution in [0.2, 0.25) is 0 Å². The number of imidazole rings is 1. The maximum absolute atomic E-state index is 12.5. The van der Waals surface area contributed by atoms with Gasteiger partial charge in [-0.3, -0.25) is 0 Å². The molecule has 0 saturated heterocycles. The van der Waals surface area contributed by atoms with Crippen molar-refractivity contribution in [3.8, 4) is 6.07 Å². The highest BCUT2D eigenvalue weighted by atomic mass is 32.2. The zero-order valence-corrected chi connectivity index (χ0v) is 16.3. The molecule has 2 aromatic heterocycles. The van der Waals surface area contributed by atoms with Gasteiger partial charge in [0.2, 0.25) is 0 Å². The summed E-state index contributed by atoms with van der Waals surface area (Å²) in [5, 5.41) is 21.2. The highest BCUT2D eigenvalue weighted by Crippen LogP contribution is 2.39. The number of hydrogen-bond donors (Lipinski definition) is 3. The average molecular weight is 394 g/mol. The maximum Gasteiger partial charge on any atom is 0.175 e. The van der Waals surface area contributed by atoms with Crippen LogP contribution in [-0.4, -0.2) is 34.7 Å². The molecule has 0 aliphatic rings. The normalized spacial score (nSPS) is 14.2. The fourth-order valence-electron chi connectivity index (χ4n) is 3.60.